The van der Waals surface area contributed by atoms with Crippen molar-refractivity contribution in [2.24, 2.45) is 0 Å². The van der Waals surface area contributed by atoms with E-state index in [9.17, 15) is 9.59 Å². The summed E-state index contributed by atoms with van der Waals surface area (Å²) in [4.78, 5) is 25.7. The minimum absolute atomic E-state index is 0.352. The summed E-state index contributed by atoms with van der Waals surface area (Å²) < 4.78 is 13.0. The van der Waals surface area contributed by atoms with Gasteiger partial charge in [0.05, 0.1) is 0 Å². The SMILES string of the molecule is O=C(Oc1ccccc1)c1ccc([I+]c2ccc(C(=O)Oc3ccccc3)s2)s1. The molecule has 7 heteroatoms. The second-order valence-corrected chi connectivity index (χ2v) is 12.2. The van der Waals surface area contributed by atoms with E-state index in [-0.39, 0.29) is 11.9 Å². The molecule has 2 heterocycles. The van der Waals surface area contributed by atoms with Gasteiger partial charge in [0.2, 0.25) is 5.77 Å². The fourth-order valence-electron chi connectivity index (χ4n) is 2.33. The molecule has 0 amide bonds. The number of rotatable bonds is 6. The van der Waals surface area contributed by atoms with Crippen molar-refractivity contribution in [3.05, 3.63) is 100 Å². The van der Waals surface area contributed by atoms with Crippen LogP contribution < -0.4 is 30.7 Å². The van der Waals surface area contributed by atoms with Crippen molar-refractivity contribution in [2.45, 2.75) is 0 Å². The first-order chi connectivity index (χ1) is 14.2. The number of esters is 2. The zero-order chi connectivity index (χ0) is 20.1. The Balaban J connectivity index is 1.38. The Labute approximate surface area is 186 Å². The monoisotopic (exact) mass is 533 g/mol. The topological polar surface area (TPSA) is 52.6 Å². The second-order valence-electron chi connectivity index (χ2n) is 5.71. The summed E-state index contributed by atoms with van der Waals surface area (Å²) in [6.07, 6.45) is 0. The van der Waals surface area contributed by atoms with Gasteiger partial charge < -0.3 is 9.47 Å². The quantitative estimate of drug-likeness (QED) is 0.217. The number of benzene rings is 2. The first-order valence-corrected chi connectivity index (χ1v) is 12.4. The molecule has 0 saturated carbocycles. The van der Waals surface area contributed by atoms with Crippen LogP contribution in [0.4, 0.5) is 0 Å². The molecule has 0 unspecified atom stereocenters. The molecule has 0 bridgehead atoms. The standard InChI is InChI=1S/C22H14IO4S2/c24-21(26-15-7-3-1-4-8-15)17-11-13-19(28-17)23-20-14-12-18(29-20)22(25)27-16-9-5-2-6-10-16/h1-14H/q+1. The summed E-state index contributed by atoms with van der Waals surface area (Å²) in [6.45, 7) is 0. The highest BCUT2D eigenvalue weighted by molar-refractivity contribution is 7.12. The molecule has 2 aromatic heterocycles. The third-order valence-corrected chi connectivity index (χ3v) is 9.49. The lowest BCUT2D eigenvalue weighted by atomic mass is 10.3. The number of hydrogen-bond donors (Lipinski definition) is 0. The van der Waals surface area contributed by atoms with E-state index in [0.29, 0.717) is 21.3 Å². The lowest BCUT2D eigenvalue weighted by molar-refractivity contribution is -0.585. The Morgan fingerprint density at radius 2 is 1.00 bits per heavy atom. The van der Waals surface area contributed by atoms with Gasteiger partial charge in [-0.15, -0.1) is 0 Å². The fraction of sp³-hybridized carbons (Fsp3) is 0. The molecule has 0 aliphatic heterocycles. The van der Waals surface area contributed by atoms with Crippen molar-refractivity contribution in [3.8, 4) is 11.5 Å². The van der Waals surface area contributed by atoms with Gasteiger partial charge in [0.15, 0.2) is 0 Å². The smallest absolute Gasteiger partial charge is 0.381 e. The van der Waals surface area contributed by atoms with E-state index in [0.717, 1.165) is 5.77 Å². The van der Waals surface area contributed by atoms with Crippen molar-refractivity contribution < 1.29 is 40.3 Å². The summed E-state index contributed by atoms with van der Waals surface area (Å²) in [5, 5.41) is 0. The number of hydrogen-bond acceptors (Lipinski definition) is 6. The molecule has 144 valence electrons. The first-order valence-electron chi connectivity index (χ1n) is 8.56. The molecule has 4 aromatic rings. The molecule has 2 aromatic carbocycles. The molecule has 0 radical (unpaired) electrons. The minimum atomic E-state index is -0.480. The van der Waals surface area contributed by atoms with E-state index in [1.54, 1.807) is 36.4 Å². The average Bonchev–Trinajstić information content (AvgIpc) is 3.40. The fourth-order valence-corrected chi connectivity index (χ4v) is 8.39. The van der Waals surface area contributed by atoms with Crippen LogP contribution in [0.5, 0.6) is 11.5 Å². The normalized spacial score (nSPS) is 10.5. The van der Waals surface area contributed by atoms with Crippen LogP contribution in [0.15, 0.2) is 84.9 Å². The van der Waals surface area contributed by atoms with E-state index in [1.807, 2.05) is 48.5 Å². The van der Waals surface area contributed by atoms with E-state index in [2.05, 4.69) is 0 Å². The Hall–Kier alpha value is -2.49. The molecule has 4 nitrogen and oxygen atoms in total. The molecule has 0 saturated heterocycles. The molecule has 0 aliphatic rings. The molecular formula is C22H14IO4S2+. The Morgan fingerprint density at radius 3 is 1.41 bits per heavy atom. The van der Waals surface area contributed by atoms with Gasteiger partial charge in [-0.1, -0.05) is 59.1 Å². The molecule has 0 spiro atoms. The predicted molar refractivity (Wildman–Crippen MR) is 109 cm³/mol. The number of thiophene rings is 2. The van der Waals surface area contributed by atoms with Crippen molar-refractivity contribution >= 4 is 34.6 Å². The van der Waals surface area contributed by atoms with Gasteiger partial charge in [0.25, 0.3) is 0 Å². The summed E-state index contributed by atoms with van der Waals surface area (Å²) in [6, 6.07) is 25.6. The van der Waals surface area contributed by atoms with Crippen LogP contribution in [0.3, 0.4) is 0 Å². The van der Waals surface area contributed by atoms with Crippen LogP contribution >= 0.6 is 22.7 Å². The van der Waals surface area contributed by atoms with Crippen LogP contribution in [-0.4, -0.2) is 11.9 Å². The third-order valence-electron chi connectivity index (χ3n) is 3.64. The lowest BCUT2D eigenvalue weighted by Crippen LogP contribution is -3.61. The molecule has 0 aliphatic carbocycles. The number of carbonyl (C=O) groups excluding carboxylic acids is 2. The van der Waals surface area contributed by atoms with Gasteiger partial charge in [0.1, 0.15) is 21.3 Å². The van der Waals surface area contributed by atoms with E-state index >= 15 is 0 Å². The van der Waals surface area contributed by atoms with Crippen LogP contribution in [0.25, 0.3) is 0 Å². The largest absolute Gasteiger partial charge is 0.422 e. The zero-order valence-corrected chi connectivity index (χ0v) is 18.7. The first kappa shape index (κ1) is 19.8. The molecule has 29 heavy (non-hydrogen) atoms. The van der Waals surface area contributed by atoms with Gasteiger partial charge in [-0.05, 0) is 36.4 Å². The van der Waals surface area contributed by atoms with Crippen LogP contribution in [0.2, 0.25) is 0 Å². The van der Waals surface area contributed by atoms with Crippen molar-refractivity contribution in [3.63, 3.8) is 0 Å². The molecule has 0 fully saturated rings. The van der Waals surface area contributed by atoms with Crippen LogP contribution in [0, 0.1) is 5.77 Å². The summed E-state index contributed by atoms with van der Waals surface area (Å²) >= 11 is 2.40. The second kappa shape index (κ2) is 9.34. The van der Waals surface area contributed by atoms with E-state index < -0.39 is 21.2 Å². The van der Waals surface area contributed by atoms with Gasteiger partial charge in [-0.3, -0.25) is 0 Å². The summed E-state index contributed by atoms with van der Waals surface area (Å²) in [5.41, 5.74) is 0. The lowest BCUT2D eigenvalue weighted by Gasteiger charge is -2.00. The molecule has 0 atom stereocenters. The maximum atomic E-state index is 12.3. The number of halogens is 1. The maximum absolute atomic E-state index is 12.3. The Morgan fingerprint density at radius 1 is 0.586 bits per heavy atom. The predicted octanol–water partition coefficient (Wildman–Crippen LogP) is 2.38. The molecule has 0 N–H and O–H groups in total. The maximum Gasteiger partial charge on any atom is 0.381 e. The van der Waals surface area contributed by atoms with E-state index in [1.165, 1.54) is 22.7 Å². The van der Waals surface area contributed by atoms with Gasteiger partial charge >= 0.3 is 33.1 Å². The molecular weight excluding hydrogens is 519 g/mol. The Bertz CT molecular complexity index is 1030. The summed E-state index contributed by atoms with van der Waals surface area (Å²) in [5.74, 6) is 0.355. The highest BCUT2D eigenvalue weighted by Gasteiger charge is 2.25. The van der Waals surface area contributed by atoms with Gasteiger partial charge in [0, 0.05) is 12.1 Å². The van der Waals surface area contributed by atoms with Crippen LogP contribution in [0.1, 0.15) is 19.3 Å². The minimum Gasteiger partial charge on any atom is -0.422 e. The van der Waals surface area contributed by atoms with Crippen molar-refractivity contribution in [1.82, 2.24) is 0 Å². The van der Waals surface area contributed by atoms with Gasteiger partial charge in [-0.2, -0.15) is 0 Å². The third kappa shape index (κ3) is 5.31. The average molecular weight is 533 g/mol. The van der Waals surface area contributed by atoms with E-state index in [4.69, 9.17) is 9.47 Å². The van der Waals surface area contributed by atoms with Gasteiger partial charge in [-0.25, -0.2) is 9.59 Å². The number of para-hydroxylation sites is 2. The highest BCUT2D eigenvalue weighted by atomic mass is 127. The number of carbonyl (C=O) groups is 2. The van der Waals surface area contributed by atoms with Crippen LogP contribution in [-0.2, 0) is 0 Å². The highest BCUT2D eigenvalue weighted by Crippen LogP contribution is 2.17. The number of ether oxygens (including phenoxy) is 2. The van der Waals surface area contributed by atoms with Crippen molar-refractivity contribution in [2.75, 3.05) is 0 Å². The molecule has 4 rings (SSSR count). The zero-order valence-electron chi connectivity index (χ0n) is 14.9. The van der Waals surface area contributed by atoms with Crippen molar-refractivity contribution in [1.29, 1.82) is 0 Å². The summed E-state index contributed by atoms with van der Waals surface area (Å²) in [7, 11) is 0. The Kier molecular flexibility index (Phi) is 6.38.